The molecule has 1 aliphatic heterocycles. The lowest BCUT2D eigenvalue weighted by atomic mass is 9.92. The molecule has 1 fully saturated rings. The second kappa shape index (κ2) is 8.47. The third kappa shape index (κ3) is 3.69. The number of amides is 1. The molecule has 2 aliphatic rings. The Morgan fingerprint density at radius 1 is 1.17 bits per heavy atom. The third-order valence-electron chi connectivity index (χ3n) is 6.05. The van der Waals surface area contributed by atoms with Crippen LogP contribution >= 0.6 is 0 Å². The number of fused-ring (bicyclic) bond motifs is 3. The average Bonchev–Trinajstić information content (AvgIpc) is 3.36. The number of carbonyl (C=O) groups is 2. The molecule has 1 N–H and O–H groups in total. The Morgan fingerprint density at radius 3 is 2.40 bits per heavy atom. The zero-order chi connectivity index (χ0) is 21.1. The minimum Gasteiger partial charge on any atom is -0.481 e. The van der Waals surface area contributed by atoms with E-state index in [9.17, 15) is 14.7 Å². The van der Waals surface area contributed by atoms with Crippen LogP contribution in [-0.2, 0) is 9.53 Å². The summed E-state index contributed by atoms with van der Waals surface area (Å²) in [4.78, 5) is 28.3. The van der Waals surface area contributed by atoms with Crippen molar-refractivity contribution in [1.82, 2.24) is 4.90 Å². The van der Waals surface area contributed by atoms with Gasteiger partial charge in [0.1, 0.15) is 6.61 Å². The van der Waals surface area contributed by atoms with Gasteiger partial charge < -0.3 is 14.7 Å². The van der Waals surface area contributed by atoms with Crippen LogP contribution in [0.1, 0.15) is 23.5 Å². The van der Waals surface area contributed by atoms with E-state index in [-0.39, 0.29) is 31.5 Å². The molecule has 0 spiro atoms. The molecule has 0 bridgehead atoms. The van der Waals surface area contributed by atoms with Crippen molar-refractivity contribution in [1.29, 1.82) is 0 Å². The highest BCUT2D eigenvalue weighted by Crippen LogP contribution is 2.44. The Labute approximate surface area is 173 Å². The number of rotatable bonds is 6. The van der Waals surface area contributed by atoms with Gasteiger partial charge in [0.05, 0.1) is 5.92 Å². The number of benzene rings is 2. The minimum atomic E-state index is -1.01. The van der Waals surface area contributed by atoms with Crippen LogP contribution in [0.2, 0.25) is 0 Å². The molecule has 8 nitrogen and oxygen atoms in total. The van der Waals surface area contributed by atoms with E-state index in [1.54, 1.807) is 4.90 Å². The number of nitrogens with zero attached hydrogens (tertiary/aromatic N) is 4. The fourth-order valence-electron chi connectivity index (χ4n) is 4.52. The van der Waals surface area contributed by atoms with Crippen LogP contribution in [0.15, 0.2) is 53.6 Å². The van der Waals surface area contributed by atoms with Crippen molar-refractivity contribution < 1.29 is 19.4 Å². The zero-order valence-corrected chi connectivity index (χ0v) is 16.3. The third-order valence-corrected chi connectivity index (χ3v) is 6.05. The Bertz CT molecular complexity index is 972. The maximum absolute atomic E-state index is 12.7. The summed E-state index contributed by atoms with van der Waals surface area (Å²) >= 11 is 0. The monoisotopic (exact) mass is 406 g/mol. The van der Waals surface area contributed by atoms with Gasteiger partial charge in [-0.25, -0.2) is 4.79 Å². The lowest BCUT2D eigenvalue weighted by Crippen LogP contribution is -2.33. The van der Waals surface area contributed by atoms with Crippen LogP contribution in [0.5, 0.6) is 0 Å². The minimum absolute atomic E-state index is 0.0171. The second-order valence-electron chi connectivity index (χ2n) is 7.66. The number of likely N-dealkylation sites (tertiary alicyclic amines) is 1. The molecule has 154 valence electrons. The maximum atomic E-state index is 12.7. The number of aliphatic carboxylic acids is 1. The lowest BCUT2D eigenvalue weighted by molar-refractivity contribution is -0.143. The fourth-order valence-corrected chi connectivity index (χ4v) is 4.52. The standard InChI is InChI=1S/C22H22N4O4/c23-25-24-11-19(21(27)28)14-9-10-26(12-14)22(29)30-13-20-17-7-3-1-5-15(17)16-6-2-4-8-18(16)20/h1-8,14,19-20H,9-13H2,(H,27,28). The number of carbonyl (C=O) groups excluding carboxylic acids is 1. The summed E-state index contributed by atoms with van der Waals surface area (Å²) in [6.45, 7) is 0.833. The van der Waals surface area contributed by atoms with Crippen molar-refractivity contribution in [2.24, 2.45) is 17.0 Å². The molecule has 1 amide bonds. The normalized spacial score (nSPS) is 18.3. The number of ether oxygens (including phenoxy) is 1. The largest absolute Gasteiger partial charge is 0.481 e. The van der Waals surface area contributed by atoms with Gasteiger partial charge in [0.25, 0.3) is 0 Å². The summed E-state index contributed by atoms with van der Waals surface area (Å²) < 4.78 is 5.65. The summed E-state index contributed by atoms with van der Waals surface area (Å²) in [5.74, 6) is -2.08. The van der Waals surface area contributed by atoms with Crippen LogP contribution < -0.4 is 0 Å². The van der Waals surface area contributed by atoms with Gasteiger partial charge in [0.15, 0.2) is 0 Å². The van der Waals surface area contributed by atoms with Gasteiger partial charge in [-0.15, -0.1) is 0 Å². The SMILES string of the molecule is [N-]=[N+]=NCC(C(=O)O)C1CCN(C(=O)OCC2c3ccccc3-c3ccccc32)C1. The fraction of sp³-hybridized carbons (Fsp3) is 0.364. The number of carboxylic acids is 1. The van der Waals surface area contributed by atoms with Gasteiger partial charge >= 0.3 is 12.1 Å². The van der Waals surface area contributed by atoms with Crippen molar-refractivity contribution in [2.45, 2.75) is 12.3 Å². The van der Waals surface area contributed by atoms with E-state index in [1.165, 1.54) is 0 Å². The van der Waals surface area contributed by atoms with Crippen molar-refractivity contribution in [3.05, 3.63) is 70.1 Å². The second-order valence-corrected chi connectivity index (χ2v) is 7.66. The first-order chi connectivity index (χ1) is 14.6. The molecule has 1 heterocycles. The Kier molecular flexibility index (Phi) is 5.59. The van der Waals surface area contributed by atoms with Crippen LogP contribution in [-0.4, -0.2) is 48.3 Å². The van der Waals surface area contributed by atoms with Crippen LogP contribution in [0.3, 0.4) is 0 Å². The molecule has 0 saturated carbocycles. The van der Waals surface area contributed by atoms with E-state index in [2.05, 4.69) is 34.3 Å². The van der Waals surface area contributed by atoms with E-state index < -0.39 is 18.0 Å². The number of hydrogen-bond acceptors (Lipinski definition) is 4. The van der Waals surface area contributed by atoms with Crippen LogP contribution in [0.4, 0.5) is 4.79 Å². The highest BCUT2D eigenvalue weighted by atomic mass is 16.6. The predicted octanol–water partition coefficient (Wildman–Crippen LogP) is 4.27. The molecule has 0 aromatic heterocycles. The first kappa shape index (κ1) is 19.8. The van der Waals surface area contributed by atoms with E-state index >= 15 is 0 Å². The van der Waals surface area contributed by atoms with Crippen LogP contribution in [0.25, 0.3) is 21.6 Å². The highest BCUT2D eigenvalue weighted by Gasteiger charge is 2.36. The summed E-state index contributed by atoms with van der Waals surface area (Å²) in [5.41, 5.74) is 13.1. The average molecular weight is 406 g/mol. The molecular formula is C22H22N4O4. The topological polar surface area (TPSA) is 116 Å². The zero-order valence-electron chi connectivity index (χ0n) is 16.3. The number of carboxylic acid groups (broad SMARTS) is 1. The van der Waals surface area contributed by atoms with E-state index in [0.717, 1.165) is 22.3 Å². The molecule has 2 aromatic carbocycles. The van der Waals surface area contributed by atoms with E-state index in [4.69, 9.17) is 10.3 Å². The summed E-state index contributed by atoms with van der Waals surface area (Å²) in [6, 6.07) is 16.3. The molecule has 30 heavy (non-hydrogen) atoms. The predicted molar refractivity (Wildman–Crippen MR) is 110 cm³/mol. The Hall–Kier alpha value is -3.51. The molecular weight excluding hydrogens is 384 g/mol. The maximum Gasteiger partial charge on any atom is 0.409 e. The van der Waals surface area contributed by atoms with E-state index in [0.29, 0.717) is 13.0 Å². The molecule has 1 aliphatic carbocycles. The summed E-state index contributed by atoms with van der Waals surface area (Å²) in [5, 5.41) is 12.8. The van der Waals surface area contributed by atoms with Crippen molar-refractivity contribution >= 4 is 12.1 Å². The van der Waals surface area contributed by atoms with Gasteiger partial charge in [-0.05, 0) is 40.1 Å². The molecule has 2 atom stereocenters. The Balaban J connectivity index is 1.41. The van der Waals surface area contributed by atoms with Crippen molar-refractivity contribution in [3.8, 4) is 11.1 Å². The molecule has 1 saturated heterocycles. The molecule has 8 heteroatoms. The van der Waals surface area contributed by atoms with Gasteiger partial charge in [0.2, 0.25) is 0 Å². The first-order valence-corrected chi connectivity index (χ1v) is 9.93. The number of azide groups is 1. The van der Waals surface area contributed by atoms with E-state index in [1.807, 2.05) is 24.3 Å². The highest BCUT2D eigenvalue weighted by molar-refractivity contribution is 5.79. The molecule has 4 rings (SSSR count). The first-order valence-electron chi connectivity index (χ1n) is 9.93. The van der Waals surface area contributed by atoms with Crippen molar-refractivity contribution in [2.75, 3.05) is 26.2 Å². The Morgan fingerprint density at radius 2 is 1.80 bits per heavy atom. The van der Waals surface area contributed by atoms with Gasteiger partial charge in [-0.1, -0.05) is 53.6 Å². The molecule has 2 aromatic rings. The van der Waals surface area contributed by atoms with Gasteiger partial charge in [0, 0.05) is 30.5 Å². The summed E-state index contributed by atoms with van der Waals surface area (Å²) in [6.07, 6.45) is 0.106. The molecule has 0 radical (unpaired) electrons. The molecule has 2 unspecified atom stereocenters. The lowest BCUT2D eigenvalue weighted by Gasteiger charge is -2.21. The smallest absolute Gasteiger partial charge is 0.409 e. The number of hydrogen-bond donors (Lipinski definition) is 1. The van der Waals surface area contributed by atoms with Gasteiger partial charge in [-0.3, -0.25) is 4.79 Å². The van der Waals surface area contributed by atoms with Crippen LogP contribution in [0, 0.1) is 11.8 Å². The van der Waals surface area contributed by atoms with Gasteiger partial charge in [-0.2, -0.15) is 0 Å². The quantitative estimate of drug-likeness (QED) is 0.438. The summed E-state index contributed by atoms with van der Waals surface area (Å²) in [7, 11) is 0. The van der Waals surface area contributed by atoms with Crippen molar-refractivity contribution in [3.63, 3.8) is 0 Å².